The molecule has 1 amide bonds. The van der Waals surface area contributed by atoms with E-state index in [2.05, 4.69) is 20.6 Å². The predicted octanol–water partition coefficient (Wildman–Crippen LogP) is 4.06. The number of hydrogen-bond acceptors (Lipinski definition) is 4. The first-order valence-electron chi connectivity index (χ1n) is 7.43. The quantitative estimate of drug-likeness (QED) is 0.752. The molecule has 5 nitrogen and oxygen atoms in total. The Hall–Kier alpha value is -3.35. The Morgan fingerprint density at radius 3 is 2.36 bits per heavy atom. The third kappa shape index (κ3) is 4.14. The Bertz CT molecular complexity index is 913. The van der Waals surface area contributed by atoms with Gasteiger partial charge in [0, 0.05) is 29.2 Å². The molecule has 0 aliphatic carbocycles. The van der Waals surface area contributed by atoms with Gasteiger partial charge in [-0.2, -0.15) is 0 Å². The normalized spacial score (nSPS) is 10.4. The molecule has 0 unspecified atom stereocenters. The predicted molar refractivity (Wildman–Crippen MR) is 90.8 cm³/mol. The molecular weight excluding hydrogens is 326 g/mol. The van der Waals surface area contributed by atoms with E-state index in [9.17, 15) is 13.6 Å². The molecule has 0 radical (unpaired) electrons. The Morgan fingerprint density at radius 2 is 1.68 bits per heavy atom. The van der Waals surface area contributed by atoms with Crippen molar-refractivity contribution in [1.82, 2.24) is 9.97 Å². The molecule has 0 spiro atoms. The number of nitrogens with zero attached hydrogens (tertiary/aromatic N) is 2. The molecule has 25 heavy (non-hydrogen) atoms. The van der Waals surface area contributed by atoms with E-state index in [4.69, 9.17) is 0 Å². The van der Waals surface area contributed by atoms with Crippen molar-refractivity contribution in [2.24, 2.45) is 0 Å². The van der Waals surface area contributed by atoms with Gasteiger partial charge >= 0.3 is 0 Å². The van der Waals surface area contributed by atoms with E-state index in [0.29, 0.717) is 17.6 Å². The Kier molecular flexibility index (Phi) is 4.65. The zero-order chi connectivity index (χ0) is 17.8. The first-order valence-corrected chi connectivity index (χ1v) is 7.43. The number of benzene rings is 2. The number of carbonyl (C=O) groups is 1. The molecule has 0 saturated heterocycles. The van der Waals surface area contributed by atoms with Gasteiger partial charge in [0.25, 0.3) is 5.91 Å². The monoisotopic (exact) mass is 340 g/mol. The van der Waals surface area contributed by atoms with Gasteiger partial charge in [-0.05, 0) is 43.3 Å². The largest absolute Gasteiger partial charge is 0.340 e. The maximum atomic E-state index is 13.6. The van der Waals surface area contributed by atoms with Crippen LogP contribution >= 0.6 is 0 Å². The summed E-state index contributed by atoms with van der Waals surface area (Å²) >= 11 is 0. The molecule has 0 saturated carbocycles. The molecule has 0 aliphatic heterocycles. The van der Waals surface area contributed by atoms with Crippen LogP contribution in [0.15, 0.2) is 54.9 Å². The summed E-state index contributed by atoms with van der Waals surface area (Å²) in [5.74, 6) is -1.64. The minimum Gasteiger partial charge on any atom is -0.340 e. The topological polar surface area (TPSA) is 66.9 Å². The summed E-state index contributed by atoms with van der Waals surface area (Å²) in [5.41, 5.74) is 1.87. The average molecular weight is 340 g/mol. The van der Waals surface area contributed by atoms with Crippen LogP contribution in [-0.2, 0) is 0 Å². The molecule has 1 heterocycles. The van der Waals surface area contributed by atoms with Crippen molar-refractivity contribution < 1.29 is 13.6 Å². The second-order valence-electron chi connectivity index (χ2n) is 5.33. The van der Waals surface area contributed by atoms with Crippen molar-refractivity contribution in [3.63, 3.8) is 0 Å². The molecule has 7 heteroatoms. The Balaban J connectivity index is 1.69. The van der Waals surface area contributed by atoms with E-state index >= 15 is 0 Å². The van der Waals surface area contributed by atoms with Crippen LogP contribution in [0, 0.1) is 18.6 Å². The van der Waals surface area contributed by atoms with Crippen molar-refractivity contribution in [2.45, 2.75) is 6.92 Å². The number of nitrogens with one attached hydrogen (secondary N) is 2. The van der Waals surface area contributed by atoms with Gasteiger partial charge in [-0.15, -0.1) is 0 Å². The van der Waals surface area contributed by atoms with E-state index in [1.165, 1.54) is 6.33 Å². The minimum absolute atomic E-state index is 0.222. The fourth-order valence-electron chi connectivity index (χ4n) is 2.18. The number of anilines is 3. The van der Waals surface area contributed by atoms with Crippen molar-refractivity contribution >= 4 is 23.1 Å². The minimum atomic E-state index is -0.907. The van der Waals surface area contributed by atoms with E-state index in [-0.39, 0.29) is 5.56 Å². The molecule has 3 aromatic rings. The molecule has 126 valence electrons. The fourth-order valence-corrected chi connectivity index (χ4v) is 2.18. The zero-order valence-corrected chi connectivity index (χ0v) is 13.3. The summed E-state index contributed by atoms with van der Waals surface area (Å²) in [4.78, 5) is 20.2. The summed E-state index contributed by atoms with van der Waals surface area (Å²) in [6.07, 6.45) is 1.46. The highest BCUT2D eigenvalue weighted by atomic mass is 19.1. The van der Waals surface area contributed by atoms with Gasteiger partial charge in [-0.3, -0.25) is 4.79 Å². The van der Waals surface area contributed by atoms with Crippen LogP contribution in [0.4, 0.5) is 26.0 Å². The van der Waals surface area contributed by atoms with Crippen molar-refractivity contribution in [1.29, 1.82) is 0 Å². The zero-order valence-electron chi connectivity index (χ0n) is 13.3. The highest BCUT2D eigenvalue weighted by molar-refractivity contribution is 6.04. The standard InChI is InChI=1S/C18H14F2N4O/c1-11-8-17(22-10-21-11)23-13-3-5-14(6-4-13)24-18(25)15-7-2-12(19)9-16(15)20/h2-10H,1H3,(H,24,25)(H,21,22,23). The lowest BCUT2D eigenvalue weighted by Crippen LogP contribution is -2.13. The van der Waals surface area contributed by atoms with Gasteiger partial charge in [-0.25, -0.2) is 18.7 Å². The first-order chi connectivity index (χ1) is 12.0. The number of hydrogen-bond donors (Lipinski definition) is 2. The molecule has 0 atom stereocenters. The second kappa shape index (κ2) is 7.04. The summed E-state index contributed by atoms with van der Waals surface area (Å²) in [6, 6.07) is 11.4. The molecule has 0 bridgehead atoms. The van der Waals surface area contributed by atoms with Crippen LogP contribution in [0.25, 0.3) is 0 Å². The van der Waals surface area contributed by atoms with Gasteiger partial charge in [0.2, 0.25) is 0 Å². The summed E-state index contributed by atoms with van der Waals surface area (Å²) < 4.78 is 26.5. The van der Waals surface area contributed by atoms with E-state index in [1.54, 1.807) is 30.3 Å². The van der Waals surface area contributed by atoms with Crippen molar-refractivity contribution in [3.05, 3.63) is 77.8 Å². The number of rotatable bonds is 4. The number of halogens is 2. The van der Waals surface area contributed by atoms with Crippen LogP contribution in [0.5, 0.6) is 0 Å². The summed E-state index contributed by atoms with van der Waals surface area (Å²) in [5, 5.41) is 5.67. The van der Waals surface area contributed by atoms with E-state index in [1.807, 2.05) is 6.92 Å². The van der Waals surface area contributed by atoms with Gasteiger partial charge in [-0.1, -0.05) is 0 Å². The molecule has 2 aromatic carbocycles. The second-order valence-corrected chi connectivity index (χ2v) is 5.33. The smallest absolute Gasteiger partial charge is 0.258 e. The lowest BCUT2D eigenvalue weighted by molar-refractivity contribution is 0.102. The third-order valence-electron chi connectivity index (χ3n) is 3.39. The average Bonchev–Trinajstić information content (AvgIpc) is 2.56. The summed E-state index contributed by atoms with van der Waals surface area (Å²) in [7, 11) is 0. The molecule has 0 fully saturated rings. The van der Waals surface area contributed by atoms with E-state index in [0.717, 1.165) is 23.5 Å². The van der Waals surface area contributed by atoms with Crippen LogP contribution in [0.1, 0.15) is 16.1 Å². The number of aromatic nitrogens is 2. The highest BCUT2D eigenvalue weighted by Gasteiger charge is 2.12. The molecule has 0 aliphatic rings. The van der Waals surface area contributed by atoms with Crippen LogP contribution in [0.2, 0.25) is 0 Å². The Morgan fingerprint density at radius 1 is 0.960 bits per heavy atom. The molecule has 1 aromatic heterocycles. The van der Waals surface area contributed by atoms with Crippen LogP contribution in [0.3, 0.4) is 0 Å². The SMILES string of the molecule is Cc1cc(Nc2ccc(NC(=O)c3ccc(F)cc3F)cc2)ncn1. The molecular formula is C18H14F2N4O. The van der Waals surface area contributed by atoms with Crippen molar-refractivity contribution in [3.8, 4) is 0 Å². The summed E-state index contributed by atoms with van der Waals surface area (Å²) in [6.45, 7) is 1.86. The number of amides is 1. The van der Waals surface area contributed by atoms with Gasteiger partial charge in [0.15, 0.2) is 0 Å². The van der Waals surface area contributed by atoms with Crippen LogP contribution < -0.4 is 10.6 Å². The third-order valence-corrected chi connectivity index (χ3v) is 3.39. The van der Waals surface area contributed by atoms with Crippen molar-refractivity contribution in [2.75, 3.05) is 10.6 Å². The lowest BCUT2D eigenvalue weighted by Gasteiger charge is -2.09. The number of aryl methyl sites for hydroxylation is 1. The fraction of sp³-hybridized carbons (Fsp3) is 0.0556. The Labute approximate surface area is 142 Å². The van der Waals surface area contributed by atoms with Gasteiger partial charge in [0.05, 0.1) is 5.56 Å². The first kappa shape index (κ1) is 16.5. The van der Waals surface area contributed by atoms with Crippen LogP contribution in [-0.4, -0.2) is 15.9 Å². The van der Waals surface area contributed by atoms with Gasteiger partial charge < -0.3 is 10.6 Å². The maximum Gasteiger partial charge on any atom is 0.258 e. The van der Waals surface area contributed by atoms with Gasteiger partial charge in [0.1, 0.15) is 23.8 Å². The maximum absolute atomic E-state index is 13.6. The molecule has 3 rings (SSSR count). The lowest BCUT2D eigenvalue weighted by atomic mass is 10.2. The number of carbonyl (C=O) groups excluding carboxylic acids is 1. The molecule has 2 N–H and O–H groups in total. The highest BCUT2D eigenvalue weighted by Crippen LogP contribution is 2.19. The van der Waals surface area contributed by atoms with E-state index < -0.39 is 17.5 Å².